The van der Waals surface area contributed by atoms with Crippen LogP contribution in [0.2, 0.25) is 0 Å². The summed E-state index contributed by atoms with van der Waals surface area (Å²) in [7, 11) is 0. The van der Waals surface area contributed by atoms with Crippen LogP contribution in [-0.4, -0.2) is 30.9 Å². The fraction of sp³-hybridized carbons (Fsp3) is 0.333. The molecule has 0 aromatic heterocycles. The molecule has 146 valence electrons. The molecule has 2 aromatic carbocycles. The zero-order chi connectivity index (χ0) is 18.8. The van der Waals surface area contributed by atoms with Crippen LogP contribution in [0.1, 0.15) is 42.1 Å². The number of ether oxygens (including phenoxy) is 1. The number of hydrogen-bond acceptors (Lipinski definition) is 4. The van der Waals surface area contributed by atoms with Gasteiger partial charge in [-0.2, -0.15) is 0 Å². The molecule has 2 rings (SSSR count). The van der Waals surface area contributed by atoms with Gasteiger partial charge in [-0.3, -0.25) is 9.59 Å². The highest BCUT2D eigenvalue weighted by Gasteiger charge is 2.12. The molecule has 0 fully saturated rings. The Morgan fingerprint density at radius 3 is 2.26 bits per heavy atom. The highest BCUT2D eigenvalue weighted by atomic mass is 35.5. The predicted molar refractivity (Wildman–Crippen MR) is 110 cm³/mol. The van der Waals surface area contributed by atoms with Crippen LogP contribution in [0.3, 0.4) is 0 Å². The van der Waals surface area contributed by atoms with Crippen LogP contribution < -0.4 is 15.8 Å². The normalized spacial score (nSPS) is 11.2. The lowest BCUT2D eigenvalue weighted by Crippen LogP contribution is -2.42. The van der Waals surface area contributed by atoms with E-state index < -0.39 is 0 Å². The van der Waals surface area contributed by atoms with Crippen LogP contribution in [0, 0.1) is 0 Å². The Balaban J connectivity index is 0.00000364. The van der Waals surface area contributed by atoms with Crippen molar-refractivity contribution in [3.8, 4) is 5.75 Å². The van der Waals surface area contributed by atoms with E-state index in [9.17, 15) is 9.59 Å². The number of ketones is 1. The smallest absolute Gasteiger partial charge is 0.258 e. The molecule has 5 nitrogen and oxygen atoms in total. The molecule has 27 heavy (non-hydrogen) atoms. The van der Waals surface area contributed by atoms with Gasteiger partial charge in [0.2, 0.25) is 0 Å². The second-order valence-corrected chi connectivity index (χ2v) is 6.15. The second-order valence-electron chi connectivity index (χ2n) is 6.15. The zero-order valence-corrected chi connectivity index (χ0v) is 16.3. The minimum absolute atomic E-state index is 0. The van der Waals surface area contributed by atoms with Gasteiger partial charge in [0.05, 0.1) is 0 Å². The molecule has 0 spiro atoms. The standard InChI is InChI=1S/C21H26N2O3.ClH/c1-2-3-9-18(14-22)23-20(24)15-26-19-12-10-17(11-13-19)21(25)16-7-5-4-6-8-16;/h4-8,10-13,18H,2-3,9,14-15,22H2,1H3,(H,23,24);1H. The average Bonchev–Trinajstić information content (AvgIpc) is 2.70. The van der Waals surface area contributed by atoms with Gasteiger partial charge in [0.25, 0.3) is 5.91 Å². The lowest BCUT2D eigenvalue weighted by atomic mass is 10.0. The number of rotatable bonds is 10. The van der Waals surface area contributed by atoms with Crippen molar-refractivity contribution in [2.24, 2.45) is 5.73 Å². The first-order valence-electron chi connectivity index (χ1n) is 8.96. The maximum atomic E-state index is 12.3. The number of unbranched alkanes of at least 4 members (excludes halogenated alkanes) is 1. The molecule has 1 unspecified atom stereocenters. The van der Waals surface area contributed by atoms with Crippen molar-refractivity contribution in [1.29, 1.82) is 0 Å². The zero-order valence-electron chi connectivity index (χ0n) is 15.5. The Labute approximate surface area is 166 Å². The summed E-state index contributed by atoms with van der Waals surface area (Å²) in [5, 5.41) is 2.88. The van der Waals surface area contributed by atoms with Gasteiger partial charge in [-0.15, -0.1) is 12.4 Å². The average molecular weight is 391 g/mol. The van der Waals surface area contributed by atoms with Crippen molar-refractivity contribution >= 4 is 24.1 Å². The molecule has 0 heterocycles. The lowest BCUT2D eigenvalue weighted by Gasteiger charge is -2.16. The molecule has 0 bridgehead atoms. The number of carbonyl (C=O) groups excluding carboxylic acids is 2. The van der Waals surface area contributed by atoms with Crippen molar-refractivity contribution in [2.45, 2.75) is 32.2 Å². The van der Waals surface area contributed by atoms with Crippen molar-refractivity contribution < 1.29 is 14.3 Å². The summed E-state index contributed by atoms with van der Waals surface area (Å²) < 4.78 is 5.49. The summed E-state index contributed by atoms with van der Waals surface area (Å²) in [6.45, 7) is 2.45. The quantitative estimate of drug-likeness (QED) is 0.609. The van der Waals surface area contributed by atoms with Gasteiger partial charge >= 0.3 is 0 Å². The number of amides is 1. The molecule has 0 radical (unpaired) electrons. The van der Waals surface area contributed by atoms with E-state index in [0.717, 1.165) is 19.3 Å². The summed E-state index contributed by atoms with van der Waals surface area (Å²) in [6.07, 6.45) is 2.96. The Morgan fingerprint density at radius 2 is 1.67 bits per heavy atom. The number of benzene rings is 2. The second kappa shape index (κ2) is 12.1. The predicted octanol–water partition coefficient (Wildman–Crippen LogP) is 3.35. The van der Waals surface area contributed by atoms with Gasteiger partial charge < -0.3 is 15.8 Å². The van der Waals surface area contributed by atoms with Crippen LogP contribution in [-0.2, 0) is 4.79 Å². The van der Waals surface area contributed by atoms with Gasteiger partial charge in [0.1, 0.15) is 5.75 Å². The van der Waals surface area contributed by atoms with E-state index in [0.29, 0.717) is 23.4 Å². The minimum Gasteiger partial charge on any atom is -0.484 e. The van der Waals surface area contributed by atoms with Crippen LogP contribution in [0.25, 0.3) is 0 Å². The topological polar surface area (TPSA) is 81.4 Å². The van der Waals surface area contributed by atoms with Gasteiger partial charge in [0.15, 0.2) is 12.4 Å². The number of carbonyl (C=O) groups is 2. The van der Waals surface area contributed by atoms with Gasteiger partial charge in [-0.05, 0) is 30.7 Å². The fourth-order valence-electron chi connectivity index (χ4n) is 2.58. The molecule has 0 saturated heterocycles. The third-order valence-electron chi connectivity index (χ3n) is 4.08. The summed E-state index contributed by atoms with van der Waals surface area (Å²) in [6, 6.07) is 15.9. The fourth-order valence-corrected chi connectivity index (χ4v) is 2.58. The Bertz CT molecular complexity index is 705. The third-order valence-corrected chi connectivity index (χ3v) is 4.08. The van der Waals surface area contributed by atoms with E-state index in [4.69, 9.17) is 10.5 Å². The van der Waals surface area contributed by atoms with Crippen LogP contribution >= 0.6 is 12.4 Å². The highest BCUT2D eigenvalue weighted by molar-refractivity contribution is 6.08. The monoisotopic (exact) mass is 390 g/mol. The van der Waals surface area contributed by atoms with Gasteiger partial charge in [0, 0.05) is 23.7 Å². The molecular formula is C21H27ClN2O3. The molecule has 0 aliphatic carbocycles. The molecule has 0 aliphatic heterocycles. The maximum absolute atomic E-state index is 12.3. The summed E-state index contributed by atoms with van der Waals surface area (Å²) in [5.41, 5.74) is 6.89. The third kappa shape index (κ3) is 7.41. The highest BCUT2D eigenvalue weighted by Crippen LogP contribution is 2.15. The number of nitrogens with one attached hydrogen (secondary N) is 1. The largest absolute Gasteiger partial charge is 0.484 e. The van der Waals surface area contributed by atoms with Crippen molar-refractivity contribution in [1.82, 2.24) is 5.32 Å². The molecular weight excluding hydrogens is 364 g/mol. The van der Waals surface area contributed by atoms with Crippen molar-refractivity contribution in [3.63, 3.8) is 0 Å². The molecule has 1 amide bonds. The van der Waals surface area contributed by atoms with E-state index in [1.807, 2.05) is 18.2 Å². The van der Waals surface area contributed by atoms with Gasteiger partial charge in [-0.1, -0.05) is 50.1 Å². The minimum atomic E-state index is -0.194. The van der Waals surface area contributed by atoms with E-state index in [2.05, 4.69) is 12.2 Å². The molecule has 2 aromatic rings. The molecule has 6 heteroatoms. The first-order valence-corrected chi connectivity index (χ1v) is 8.96. The first-order chi connectivity index (χ1) is 12.6. The van der Waals surface area contributed by atoms with E-state index in [1.54, 1.807) is 36.4 Å². The lowest BCUT2D eigenvalue weighted by molar-refractivity contribution is -0.123. The summed E-state index contributed by atoms with van der Waals surface area (Å²) in [5.74, 6) is 0.306. The molecule has 0 aliphatic rings. The number of hydrogen-bond donors (Lipinski definition) is 2. The van der Waals surface area contributed by atoms with Crippen LogP contribution in [0.5, 0.6) is 5.75 Å². The molecule has 0 saturated carbocycles. The van der Waals surface area contributed by atoms with Crippen LogP contribution in [0.15, 0.2) is 54.6 Å². The van der Waals surface area contributed by atoms with E-state index in [1.165, 1.54) is 0 Å². The van der Waals surface area contributed by atoms with Crippen molar-refractivity contribution in [2.75, 3.05) is 13.2 Å². The molecule has 1 atom stereocenters. The van der Waals surface area contributed by atoms with E-state index >= 15 is 0 Å². The summed E-state index contributed by atoms with van der Waals surface area (Å²) in [4.78, 5) is 24.3. The van der Waals surface area contributed by atoms with Gasteiger partial charge in [-0.25, -0.2) is 0 Å². The Hall–Kier alpha value is -2.37. The maximum Gasteiger partial charge on any atom is 0.258 e. The summed E-state index contributed by atoms with van der Waals surface area (Å²) >= 11 is 0. The van der Waals surface area contributed by atoms with Crippen molar-refractivity contribution in [3.05, 3.63) is 65.7 Å². The molecule has 3 N–H and O–H groups in total. The van der Waals surface area contributed by atoms with Crippen LogP contribution in [0.4, 0.5) is 0 Å². The van der Waals surface area contributed by atoms with E-state index in [-0.39, 0.29) is 36.7 Å². The number of halogens is 1. The Morgan fingerprint density at radius 1 is 1.04 bits per heavy atom. The Kier molecular flexibility index (Phi) is 10.2. The first kappa shape index (κ1) is 22.7. The number of nitrogens with two attached hydrogens (primary N) is 1. The SMILES string of the molecule is CCCCC(CN)NC(=O)COc1ccc(C(=O)c2ccccc2)cc1.Cl.